The molecule has 0 aliphatic carbocycles. The Morgan fingerprint density at radius 1 is 0.312 bits per heavy atom. The summed E-state index contributed by atoms with van der Waals surface area (Å²) in [5.74, 6) is 0. The second-order valence-electron chi connectivity index (χ2n) is 12.5. The zero-order chi connectivity index (χ0) is 31.6. The van der Waals surface area contributed by atoms with Crippen LogP contribution in [0.2, 0.25) is 0 Å². The van der Waals surface area contributed by atoms with E-state index in [-0.39, 0.29) is 0 Å². The summed E-state index contributed by atoms with van der Waals surface area (Å²) in [6.07, 6.45) is 0. The number of para-hydroxylation sites is 2. The fourth-order valence-corrected chi connectivity index (χ4v) is 7.91. The molecule has 0 fully saturated rings. The molecule has 0 atom stereocenters. The van der Waals surface area contributed by atoms with Crippen LogP contribution >= 0.6 is 0 Å². The highest BCUT2D eigenvalue weighted by atomic mass is 15.0. The maximum atomic E-state index is 2.55. The van der Waals surface area contributed by atoms with Gasteiger partial charge in [0.25, 0.3) is 0 Å². The monoisotopic (exact) mass is 610 g/mol. The van der Waals surface area contributed by atoms with E-state index in [4.69, 9.17) is 0 Å². The Labute approximate surface area is 278 Å². The fraction of sp³-hybridized carbons (Fsp3) is 0. The molecule has 0 saturated carbocycles. The van der Waals surface area contributed by atoms with Crippen LogP contribution in [-0.2, 0) is 0 Å². The third-order valence-corrected chi connectivity index (χ3v) is 9.89. The maximum Gasteiger partial charge on any atom is 0.0635 e. The molecule has 0 aliphatic rings. The van der Waals surface area contributed by atoms with Gasteiger partial charge in [-0.3, -0.25) is 0 Å². The van der Waals surface area contributed by atoms with Gasteiger partial charge in [0.2, 0.25) is 0 Å². The van der Waals surface area contributed by atoms with Crippen molar-refractivity contribution in [3.63, 3.8) is 0 Å². The van der Waals surface area contributed by atoms with Crippen LogP contribution in [0.15, 0.2) is 182 Å². The van der Waals surface area contributed by atoms with Gasteiger partial charge in [0.05, 0.1) is 27.9 Å². The van der Waals surface area contributed by atoms with E-state index < -0.39 is 0 Å². The van der Waals surface area contributed by atoms with E-state index in [1.54, 1.807) is 0 Å². The average molecular weight is 611 g/mol. The maximum absolute atomic E-state index is 2.55. The summed E-state index contributed by atoms with van der Waals surface area (Å²) < 4.78 is 4.97. The number of benzene rings is 8. The minimum Gasteiger partial charge on any atom is -0.309 e. The van der Waals surface area contributed by atoms with Crippen molar-refractivity contribution in [2.24, 2.45) is 0 Å². The lowest BCUT2D eigenvalue weighted by Crippen LogP contribution is -1.99. The van der Waals surface area contributed by atoms with Crippen LogP contribution in [0.5, 0.6) is 0 Å². The lowest BCUT2D eigenvalue weighted by atomic mass is 9.90. The van der Waals surface area contributed by atoms with E-state index in [0.29, 0.717) is 0 Å². The third-order valence-electron chi connectivity index (χ3n) is 9.89. The molecule has 0 saturated heterocycles. The molecule has 0 bridgehead atoms. The number of hydrogen-bond acceptors (Lipinski definition) is 0. The molecule has 2 heterocycles. The molecule has 2 nitrogen and oxygen atoms in total. The van der Waals surface area contributed by atoms with Crippen LogP contribution in [-0.4, -0.2) is 9.13 Å². The molecular weight excluding hydrogens is 581 g/mol. The lowest BCUT2D eigenvalue weighted by Gasteiger charge is -2.19. The van der Waals surface area contributed by atoms with Crippen molar-refractivity contribution in [1.82, 2.24) is 9.13 Å². The Balaban J connectivity index is 1.42. The van der Waals surface area contributed by atoms with Crippen molar-refractivity contribution in [2.75, 3.05) is 0 Å². The average Bonchev–Trinajstić information content (AvgIpc) is 3.71. The van der Waals surface area contributed by atoms with Crippen LogP contribution in [0, 0.1) is 0 Å². The van der Waals surface area contributed by atoms with Crippen molar-refractivity contribution < 1.29 is 0 Å². The molecule has 0 spiro atoms. The van der Waals surface area contributed by atoms with Gasteiger partial charge in [0, 0.05) is 32.6 Å². The Kier molecular flexibility index (Phi) is 5.91. The first-order valence-corrected chi connectivity index (χ1v) is 16.5. The summed E-state index contributed by atoms with van der Waals surface area (Å²) >= 11 is 0. The van der Waals surface area contributed by atoms with Crippen LogP contribution in [0.25, 0.3) is 88.0 Å². The SMILES string of the molecule is c1ccc(-c2c3ccccc3c(-n3c4ccccc4c4ccc5c(cc(-c6ccccc6)n5-c5ccccc5)c43)c3ccccc23)cc1. The minimum atomic E-state index is 1.15. The molecule has 10 aromatic rings. The molecule has 0 aliphatic heterocycles. The van der Waals surface area contributed by atoms with Crippen LogP contribution in [0.1, 0.15) is 0 Å². The normalized spacial score (nSPS) is 11.8. The summed E-state index contributed by atoms with van der Waals surface area (Å²) in [6, 6.07) is 66.1. The molecule has 10 rings (SSSR count). The number of aromatic nitrogens is 2. The fourth-order valence-electron chi connectivity index (χ4n) is 7.91. The zero-order valence-electron chi connectivity index (χ0n) is 26.2. The van der Waals surface area contributed by atoms with Crippen molar-refractivity contribution in [1.29, 1.82) is 0 Å². The predicted octanol–water partition coefficient (Wildman–Crippen LogP) is 12.4. The summed E-state index contributed by atoms with van der Waals surface area (Å²) in [5, 5.41) is 8.71. The van der Waals surface area contributed by atoms with E-state index in [1.807, 2.05) is 0 Å². The quantitative estimate of drug-likeness (QED) is 0.175. The van der Waals surface area contributed by atoms with E-state index in [9.17, 15) is 0 Å². The Morgan fingerprint density at radius 2 is 0.812 bits per heavy atom. The number of rotatable bonds is 4. The van der Waals surface area contributed by atoms with Gasteiger partial charge in [-0.1, -0.05) is 152 Å². The van der Waals surface area contributed by atoms with Crippen molar-refractivity contribution >= 4 is 54.3 Å². The largest absolute Gasteiger partial charge is 0.309 e. The van der Waals surface area contributed by atoms with Gasteiger partial charge >= 0.3 is 0 Å². The van der Waals surface area contributed by atoms with Crippen LogP contribution in [0.4, 0.5) is 0 Å². The molecule has 0 radical (unpaired) electrons. The first-order valence-electron chi connectivity index (χ1n) is 16.5. The van der Waals surface area contributed by atoms with Crippen LogP contribution in [0.3, 0.4) is 0 Å². The Hall–Kier alpha value is -6.38. The van der Waals surface area contributed by atoms with E-state index in [2.05, 4.69) is 191 Å². The highest BCUT2D eigenvalue weighted by molar-refractivity contribution is 6.24. The smallest absolute Gasteiger partial charge is 0.0635 e. The van der Waals surface area contributed by atoms with Gasteiger partial charge < -0.3 is 9.13 Å². The molecule has 0 amide bonds. The summed E-state index contributed by atoms with van der Waals surface area (Å²) in [5.41, 5.74) is 10.9. The number of nitrogens with zero attached hydrogens (tertiary/aromatic N) is 2. The van der Waals surface area contributed by atoms with E-state index in [0.717, 1.165) is 5.69 Å². The van der Waals surface area contributed by atoms with E-state index >= 15 is 0 Å². The highest BCUT2D eigenvalue weighted by Gasteiger charge is 2.23. The van der Waals surface area contributed by atoms with Gasteiger partial charge in [-0.05, 0) is 57.8 Å². The van der Waals surface area contributed by atoms with Gasteiger partial charge in [-0.2, -0.15) is 0 Å². The summed E-state index contributed by atoms with van der Waals surface area (Å²) in [6.45, 7) is 0. The molecular formula is C46H30N2. The first kappa shape index (κ1) is 26.8. The first-order chi connectivity index (χ1) is 23.9. The van der Waals surface area contributed by atoms with Gasteiger partial charge in [-0.25, -0.2) is 0 Å². The predicted molar refractivity (Wildman–Crippen MR) is 203 cm³/mol. The van der Waals surface area contributed by atoms with Gasteiger partial charge in [0.15, 0.2) is 0 Å². The molecule has 224 valence electrons. The molecule has 0 unspecified atom stereocenters. The Bertz CT molecular complexity index is 2750. The van der Waals surface area contributed by atoms with Crippen molar-refractivity contribution in [3.8, 4) is 33.8 Å². The number of fused-ring (bicyclic) bond motifs is 7. The van der Waals surface area contributed by atoms with Crippen molar-refractivity contribution in [2.45, 2.75) is 0 Å². The molecule has 8 aromatic carbocycles. The molecule has 0 N–H and O–H groups in total. The standard InChI is InChI=1S/C46H30N2/c1-4-16-31(17-5-1)43-30-40-42(47(43)33-20-8-3-9-21-33)29-28-39-34-22-14-15-27-41(34)48(46(39)40)45-37-25-12-10-23-35(37)44(32-18-6-2-7-19-32)36-24-11-13-26-38(36)45/h1-30H. The highest BCUT2D eigenvalue weighted by Crippen LogP contribution is 2.46. The second kappa shape index (κ2) is 10.6. The van der Waals surface area contributed by atoms with Crippen molar-refractivity contribution in [3.05, 3.63) is 182 Å². The van der Waals surface area contributed by atoms with Gasteiger partial charge in [0.1, 0.15) is 0 Å². The number of hydrogen-bond donors (Lipinski definition) is 0. The minimum absolute atomic E-state index is 1.15. The summed E-state index contributed by atoms with van der Waals surface area (Å²) in [7, 11) is 0. The zero-order valence-corrected chi connectivity index (χ0v) is 26.2. The molecule has 2 aromatic heterocycles. The Morgan fingerprint density at radius 3 is 1.46 bits per heavy atom. The topological polar surface area (TPSA) is 9.86 Å². The second-order valence-corrected chi connectivity index (χ2v) is 12.5. The van der Waals surface area contributed by atoms with Crippen LogP contribution < -0.4 is 0 Å². The summed E-state index contributed by atoms with van der Waals surface area (Å²) in [4.78, 5) is 0. The van der Waals surface area contributed by atoms with Gasteiger partial charge in [-0.15, -0.1) is 0 Å². The van der Waals surface area contributed by atoms with E-state index in [1.165, 1.54) is 82.3 Å². The molecule has 48 heavy (non-hydrogen) atoms. The lowest BCUT2D eigenvalue weighted by molar-refractivity contribution is 1.13. The molecule has 2 heteroatoms. The third kappa shape index (κ3) is 3.87.